The SMILES string of the molecule is O=C1CC(N(Cc2ccccc2Cl)C(=O)Cc2ccc(Cl)cc2)C(=O)N1c1ccc(-c2nc3ccccc3o2)cc1. The van der Waals surface area contributed by atoms with Crippen molar-refractivity contribution in [3.63, 3.8) is 0 Å². The number of para-hydroxylation sites is 2. The van der Waals surface area contributed by atoms with E-state index in [4.69, 9.17) is 27.6 Å². The maximum atomic E-state index is 13.7. The third-order valence-electron chi connectivity index (χ3n) is 7.05. The van der Waals surface area contributed by atoms with Crippen LogP contribution in [-0.4, -0.2) is 33.6 Å². The highest BCUT2D eigenvalue weighted by molar-refractivity contribution is 6.31. The van der Waals surface area contributed by atoms with Crippen LogP contribution in [0.25, 0.3) is 22.6 Å². The number of hydrogen-bond acceptors (Lipinski definition) is 5. The molecule has 0 spiro atoms. The van der Waals surface area contributed by atoms with Gasteiger partial charge in [-0.15, -0.1) is 0 Å². The predicted molar refractivity (Wildman–Crippen MR) is 158 cm³/mol. The second kappa shape index (κ2) is 11.2. The lowest BCUT2D eigenvalue weighted by Gasteiger charge is -2.28. The van der Waals surface area contributed by atoms with Gasteiger partial charge in [0.2, 0.25) is 17.7 Å². The number of fused-ring (bicyclic) bond motifs is 1. The van der Waals surface area contributed by atoms with Gasteiger partial charge in [-0.3, -0.25) is 14.4 Å². The molecule has 5 aromatic rings. The Bertz CT molecular complexity index is 1730. The van der Waals surface area contributed by atoms with Crippen LogP contribution >= 0.6 is 23.2 Å². The molecule has 41 heavy (non-hydrogen) atoms. The highest BCUT2D eigenvalue weighted by atomic mass is 35.5. The first-order valence-corrected chi connectivity index (χ1v) is 13.7. The Labute approximate surface area is 245 Å². The second-order valence-electron chi connectivity index (χ2n) is 9.74. The van der Waals surface area contributed by atoms with Gasteiger partial charge in [-0.2, -0.15) is 0 Å². The minimum Gasteiger partial charge on any atom is -0.436 e. The molecule has 1 aliphatic heterocycles. The van der Waals surface area contributed by atoms with Crippen LogP contribution in [0, 0.1) is 0 Å². The van der Waals surface area contributed by atoms with Crippen LogP contribution in [0.15, 0.2) is 101 Å². The van der Waals surface area contributed by atoms with Crippen molar-refractivity contribution in [3.05, 3.63) is 118 Å². The fourth-order valence-corrected chi connectivity index (χ4v) is 5.26. The molecule has 0 bridgehead atoms. The zero-order valence-corrected chi connectivity index (χ0v) is 23.2. The summed E-state index contributed by atoms with van der Waals surface area (Å²) in [6.45, 7) is 0.0836. The highest BCUT2D eigenvalue weighted by Crippen LogP contribution is 2.31. The molecule has 1 saturated heterocycles. The molecule has 3 amide bonds. The number of aromatic nitrogens is 1. The van der Waals surface area contributed by atoms with E-state index in [0.29, 0.717) is 38.3 Å². The maximum absolute atomic E-state index is 13.7. The van der Waals surface area contributed by atoms with E-state index in [2.05, 4.69) is 4.98 Å². The molecular weight excluding hydrogens is 561 g/mol. The van der Waals surface area contributed by atoms with Crippen LogP contribution in [0.5, 0.6) is 0 Å². The molecule has 0 saturated carbocycles. The van der Waals surface area contributed by atoms with Crippen LogP contribution in [0.1, 0.15) is 17.5 Å². The molecule has 0 aliphatic carbocycles. The van der Waals surface area contributed by atoms with E-state index < -0.39 is 17.9 Å². The molecule has 4 aromatic carbocycles. The van der Waals surface area contributed by atoms with Crippen LogP contribution in [0.3, 0.4) is 0 Å². The van der Waals surface area contributed by atoms with Gasteiger partial charge in [0.25, 0.3) is 5.91 Å². The Balaban J connectivity index is 1.27. The minimum atomic E-state index is -0.977. The summed E-state index contributed by atoms with van der Waals surface area (Å²) in [7, 11) is 0. The third-order valence-corrected chi connectivity index (χ3v) is 7.67. The van der Waals surface area contributed by atoms with Gasteiger partial charge in [0.05, 0.1) is 18.5 Å². The van der Waals surface area contributed by atoms with Crippen molar-refractivity contribution in [2.45, 2.75) is 25.4 Å². The normalized spacial score (nSPS) is 15.1. The number of imide groups is 1. The lowest BCUT2D eigenvalue weighted by Crippen LogP contribution is -2.45. The molecule has 0 radical (unpaired) electrons. The lowest BCUT2D eigenvalue weighted by molar-refractivity contribution is -0.138. The first-order valence-electron chi connectivity index (χ1n) is 13.0. The molecule has 1 aliphatic rings. The van der Waals surface area contributed by atoms with Gasteiger partial charge in [-0.1, -0.05) is 65.7 Å². The Morgan fingerprint density at radius 2 is 1.61 bits per heavy atom. The Morgan fingerprint density at radius 1 is 0.902 bits per heavy atom. The number of amides is 3. The zero-order valence-electron chi connectivity index (χ0n) is 21.7. The molecule has 1 atom stereocenters. The first-order chi connectivity index (χ1) is 19.9. The van der Waals surface area contributed by atoms with Crippen LogP contribution in [-0.2, 0) is 27.3 Å². The Hall–Kier alpha value is -4.46. The Kier molecular flexibility index (Phi) is 7.30. The summed E-state index contributed by atoms with van der Waals surface area (Å²) in [4.78, 5) is 47.7. The monoisotopic (exact) mass is 583 g/mol. The molecular formula is C32H23Cl2N3O4. The van der Waals surface area contributed by atoms with Gasteiger partial charge in [0, 0.05) is 22.2 Å². The van der Waals surface area contributed by atoms with Crippen LogP contribution in [0.2, 0.25) is 10.0 Å². The molecule has 0 N–H and O–H groups in total. The van der Waals surface area contributed by atoms with Crippen molar-refractivity contribution in [2.75, 3.05) is 4.90 Å². The number of anilines is 1. The Morgan fingerprint density at radius 3 is 2.34 bits per heavy atom. The molecule has 7 nitrogen and oxygen atoms in total. The van der Waals surface area contributed by atoms with E-state index in [1.54, 1.807) is 66.7 Å². The van der Waals surface area contributed by atoms with E-state index in [1.807, 2.05) is 30.3 Å². The van der Waals surface area contributed by atoms with E-state index in [0.717, 1.165) is 16.0 Å². The summed E-state index contributed by atoms with van der Waals surface area (Å²) >= 11 is 12.4. The quantitative estimate of drug-likeness (QED) is 0.199. The molecule has 2 heterocycles. The summed E-state index contributed by atoms with van der Waals surface area (Å²) < 4.78 is 5.84. The minimum absolute atomic E-state index is 0.0405. The lowest BCUT2D eigenvalue weighted by atomic mass is 10.1. The number of hydrogen-bond donors (Lipinski definition) is 0. The smallest absolute Gasteiger partial charge is 0.257 e. The summed E-state index contributed by atoms with van der Waals surface area (Å²) in [5.74, 6) is -0.723. The number of oxazole rings is 1. The fourth-order valence-electron chi connectivity index (χ4n) is 4.94. The van der Waals surface area contributed by atoms with E-state index in [9.17, 15) is 14.4 Å². The van der Waals surface area contributed by atoms with E-state index >= 15 is 0 Å². The van der Waals surface area contributed by atoms with Crippen molar-refractivity contribution < 1.29 is 18.8 Å². The number of carbonyl (C=O) groups excluding carboxylic acids is 3. The molecule has 1 unspecified atom stereocenters. The summed E-state index contributed by atoms with van der Waals surface area (Å²) in [5.41, 5.74) is 3.94. The molecule has 1 aromatic heterocycles. The summed E-state index contributed by atoms with van der Waals surface area (Å²) in [6.07, 6.45) is -0.0959. The van der Waals surface area contributed by atoms with Crippen molar-refractivity contribution >= 4 is 57.7 Å². The van der Waals surface area contributed by atoms with Gasteiger partial charge in [-0.05, 0) is 65.7 Å². The zero-order chi connectivity index (χ0) is 28.5. The number of halogens is 2. The van der Waals surface area contributed by atoms with Crippen molar-refractivity contribution in [1.82, 2.24) is 9.88 Å². The third kappa shape index (κ3) is 5.46. The first kappa shape index (κ1) is 26.7. The molecule has 204 valence electrons. The van der Waals surface area contributed by atoms with Crippen LogP contribution in [0.4, 0.5) is 5.69 Å². The number of carbonyl (C=O) groups is 3. The average Bonchev–Trinajstić information content (AvgIpc) is 3.54. The predicted octanol–water partition coefficient (Wildman–Crippen LogP) is 6.71. The van der Waals surface area contributed by atoms with Gasteiger partial charge < -0.3 is 9.32 Å². The van der Waals surface area contributed by atoms with Crippen molar-refractivity contribution in [3.8, 4) is 11.5 Å². The van der Waals surface area contributed by atoms with Gasteiger partial charge in [0.15, 0.2) is 5.58 Å². The second-order valence-corrected chi connectivity index (χ2v) is 10.6. The van der Waals surface area contributed by atoms with Crippen LogP contribution < -0.4 is 4.90 Å². The van der Waals surface area contributed by atoms with Gasteiger partial charge in [-0.25, -0.2) is 9.88 Å². The number of rotatable bonds is 7. The van der Waals surface area contributed by atoms with E-state index in [-0.39, 0.29) is 25.3 Å². The average molecular weight is 584 g/mol. The van der Waals surface area contributed by atoms with E-state index in [1.165, 1.54) is 4.90 Å². The fraction of sp³-hybridized carbons (Fsp3) is 0.125. The topological polar surface area (TPSA) is 83.7 Å². The van der Waals surface area contributed by atoms with Gasteiger partial charge in [0.1, 0.15) is 11.6 Å². The highest BCUT2D eigenvalue weighted by Gasteiger charge is 2.44. The molecule has 6 rings (SSSR count). The standard InChI is InChI=1S/C32H23Cl2N3O4/c33-23-13-9-20(10-14-23)17-29(38)36(19-22-5-1-2-6-25(22)34)27-18-30(39)37(32(27)40)24-15-11-21(12-16-24)31-35-26-7-3-4-8-28(26)41-31/h1-16,27H,17-19H2. The molecule has 9 heteroatoms. The van der Waals surface area contributed by atoms with Crippen molar-refractivity contribution in [1.29, 1.82) is 0 Å². The number of benzene rings is 4. The summed E-state index contributed by atoms with van der Waals surface area (Å²) in [5, 5.41) is 1.03. The largest absolute Gasteiger partial charge is 0.436 e. The van der Waals surface area contributed by atoms with Crippen molar-refractivity contribution in [2.24, 2.45) is 0 Å². The maximum Gasteiger partial charge on any atom is 0.257 e. The number of nitrogens with zero attached hydrogens (tertiary/aromatic N) is 3. The summed E-state index contributed by atoms with van der Waals surface area (Å²) in [6, 6.07) is 27.4. The molecule has 1 fully saturated rings. The van der Waals surface area contributed by atoms with Gasteiger partial charge >= 0.3 is 0 Å².